The maximum Gasteiger partial charge on any atom is 0.266 e. The molecule has 0 unspecified atom stereocenters. The fourth-order valence-corrected chi connectivity index (χ4v) is 4.22. The molecule has 0 saturated carbocycles. The fourth-order valence-electron chi connectivity index (χ4n) is 4.22. The number of nitrogens with zero attached hydrogens (tertiary/aromatic N) is 2. The summed E-state index contributed by atoms with van der Waals surface area (Å²) in [6, 6.07) is 21.4. The van der Waals surface area contributed by atoms with E-state index < -0.39 is 24.0 Å². The number of hydroxylamine groups is 1. The Labute approximate surface area is 178 Å². The highest BCUT2D eigenvalue weighted by atomic mass is 19.1. The monoisotopic (exact) mass is 418 g/mol. The van der Waals surface area contributed by atoms with Gasteiger partial charge < -0.3 is 4.74 Å². The number of hydrogen-bond acceptors (Lipinski definition) is 5. The van der Waals surface area contributed by atoms with Crippen LogP contribution in [0.4, 0.5) is 15.8 Å². The van der Waals surface area contributed by atoms with Gasteiger partial charge in [-0.15, -0.1) is 0 Å². The zero-order chi connectivity index (χ0) is 21.5. The first kappa shape index (κ1) is 19.3. The Morgan fingerprint density at radius 1 is 0.871 bits per heavy atom. The predicted octanol–water partition coefficient (Wildman–Crippen LogP) is 3.89. The number of amides is 2. The first-order valence-electron chi connectivity index (χ1n) is 9.87. The second kappa shape index (κ2) is 7.52. The average molecular weight is 418 g/mol. The molecule has 31 heavy (non-hydrogen) atoms. The van der Waals surface area contributed by atoms with Gasteiger partial charge >= 0.3 is 0 Å². The quantitative estimate of drug-likeness (QED) is 0.602. The number of benzene rings is 3. The van der Waals surface area contributed by atoms with E-state index in [-0.39, 0.29) is 11.7 Å². The van der Waals surface area contributed by atoms with Crippen molar-refractivity contribution < 1.29 is 23.6 Å². The van der Waals surface area contributed by atoms with Gasteiger partial charge in [0.1, 0.15) is 17.5 Å². The van der Waals surface area contributed by atoms with Crippen LogP contribution in [0.25, 0.3) is 0 Å². The van der Waals surface area contributed by atoms with Crippen LogP contribution in [-0.4, -0.2) is 25.0 Å². The second-order valence-electron chi connectivity index (χ2n) is 7.42. The largest absolute Gasteiger partial charge is 0.497 e. The number of carbonyl (C=O) groups is 2. The van der Waals surface area contributed by atoms with E-state index in [1.165, 1.54) is 19.2 Å². The molecule has 3 aromatic carbocycles. The van der Waals surface area contributed by atoms with Crippen LogP contribution in [0.3, 0.4) is 0 Å². The molecule has 0 aromatic heterocycles. The molecule has 3 atom stereocenters. The molecule has 3 aromatic rings. The van der Waals surface area contributed by atoms with Crippen LogP contribution in [0.2, 0.25) is 0 Å². The summed E-state index contributed by atoms with van der Waals surface area (Å²) in [5.41, 5.74) is 1.82. The third-order valence-electron chi connectivity index (χ3n) is 5.65. The van der Waals surface area contributed by atoms with Crippen molar-refractivity contribution in [2.24, 2.45) is 5.92 Å². The van der Waals surface area contributed by atoms with E-state index in [1.54, 1.807) is 41.5 Å². The molecule has 2 fully saturated rings. The molecule has 0 aliphatic carbocycles. The van der Waals surface area contributed by atoms with E-state index >= 15 is 0 Å². The lowest BCUT2D eigenvalue weighted by atomic mass is 9.90. The smallest absolute Gasteiger partial charge is 0.266 e. The van der Waals surface area contributed by atoms with E-state index in [4.69, 9.17) is 9.57 Å². The second-order valence-corrected chi connectivity index (χ2v) is 7.42. The third-order valence-corrected chi connectivity index (χ3v) is 5.65. The number of para-hydroxylation sites is 1. The molecule has 7 heteroatoms. The summed E-state index contributed by atoms with van der Waals surface area (Å²) in [5, 5.41) is 1.58. The number of fused-ring (bicyclic) bond motifs is 1. The summed E-state index contributed by atoms with van der Waals surface area (Å²) in [7, 11) is 1.52. The molecule has 2 aliphatic rings. The number of anilines is 2. The first-order chi connectivity index (χ1) is 15.1. The minimum Gasteiger partial charge on any atom is -0.497 e. The fraction of sp³-hybridized carbons (Fsp3) is 0.167. The maximum absolute atomic E-state index is 13.6. The molecule has 5 rings (SSSR count). The lowest BCUT2D eigenvalue weighted by molar-refractivity contribution is -0.126. The van der Waals surface area contributed by atoms with Gasteiger partial charge in [-0.25, -0.2) is 14.4 Å². The lowest BCUT2D eigenvalue weighted by Gasteiger charge is -2.28. The van der Waals surface area contributed by atoms with Crippen molar-refractivity contribution in [2.75, 3.05) is 17.1 Å². The summed E-state index contributed by atoms with van der Waals surface area (Å²) >= 11 is 0. The minimum absolute atomic E-state index is 0.365. The highest BCUT2D eigenvalue weighted by Crippen LogP contribution is 2.47. The molecule has 0 spiro atoms. The number of halogens is 1. The van der Waals surface area contributed by atoms with Gasteiger partial charge in [-0.3, -0.25) is 14.4 Å². The summed E-state index contributed by atoms with van der Waals surface area (Å²) in [4.78, 5) is 34.0. The Balaban J connectivity index is 1.57. The minimum atomic E-state index is -0.978. The Hall–Kier alpha value is -3.71. The molecule has 2 amide bonds. The molecule has 0 radical (unpaired) electrons. The molecule has 6 nitrogen and oxygen atoms in total. The van der Waals surface area contributed by atoms with Crippen molar-refractivity contribution in [2.45, 2.75) is 12.1 Å². The zero-order valence-electron chi connectivity index (χ0n) is 16.6. The summed E-state index contributed by atoms with van der Waals surface area (Å²) in [6.07, 6.45) is -0.978. The van der Waals surface area contributed by atoms with Crippen LogP contribution in [0.5, 0.6) is 5.75 Å². The van der Waals surface area contributed by atoms with Gasteiger partial charge in [0.05, 0.1) is 24.5 Å². The summed E-state index contributed by atoms with van der Waals surface area (Å²) in [6.45, 7) is 0. The highest BCUT2D eigenvalue weighted by Gasteiger charge is 2.60. The average Bonchev–Trinajstić information content (AvgIpc) is 3.31. The third kappa shape index (κ3) is 3.14. The van der Waals surface area contributed by atoms with Crippen LogP contribution < -0.4 is 14.7 Å². The summed E-state index contributed by atoms with van der Waals surface area (Å²) < 4.78 is 18.8. The number of methoxy groups -OCH3 is 1. The van der Waals surface area contributed by atoms with Crippen molar-refractivity contribution in [1.82, 2.24) is 0 Å². The SMILES string of the molecule is COc1cccc(N2C(=O)[C@@H]3[C@@H](ON(c4ccccc4)[C@H]3c3ccc(F)cc3)C2=O)c1. The Bertz CT molecular complexity index is 1140. The lowest BCUT2D eigenvalue weighted by Crippen LogP contribution is -2.37. The van der Waals surface area contributed by atoms with Crippen molar-refractivity contribution in [3.05, 3.63) is 90.2 Å². The van der Waals surface area contributed by atoms with Crippen LogP contribution in [-0.2, 0) is 14.4 Å². The van der Waals surface area contributed by atoms with Gasteiger partial charge in [0.2, 0.25) is 5.91 Å². The van der Waals surface area contributed by atoms with Crippen LogP contribution in [0.15, 0.2) is 78.9 Å². The molecule has 156 valence electrons. The van der Waals surface area contributed by atoms with Gasteiger partial charge in [0.15, 0.2) is 6.10 Å². The topological polar surface area (TPSA) is 59.1 Å². The van der Waals surface area contributed by atoms with Gasteiger partial charge in [-0.1, -0.05) is 36.4 Å². The molecule has 2 saturated heterocycles. The standard InChI is InChI=1S/C24H19FN2O4/c1-30-19-9-5-8-18(14-19)26-23(28)20-21(15-10-12-16(25)13-11-15)27(31-22(20)24(26)29)17-6-3-2-4-7-17/h2-14,20-22H,1H3/t20-,21-,22+/m0/s1. The number of rotatable bonds is 4. The van der Waals surface area contributed by atoms with E-state index in [1.807, 2.05) is 30.3 Å². The van der Waals surface area contributed by atoms with Crippen molar-refractivity contribution in [3.63, 3.8) is 0 Å². The van der Waals surface area contributed by atoms with Gasteiger partial charge in [0, 0.05) is 6.07 Å². The Morgan fingerprint density at radius 2 is 1.58 bits per heavy atom. The van der Waals surface area contributed by atoms with Crippen LogP contribution in [0.1, 0.15) is 11.6 Å². The van der Waals surface area contributed by atoms with Crippen molar-refractivity contribution in [1.29, 1.82) is 0 Å². The normalized spacial score (nSPS) is 22.7. The first-order valence-corrected chi connectivity index (χ1v) is 9.87. The molecule has 2 aliphatic heterocycles. The van der Waals surface area contributed by atoms with Crippen LogP contribution in [0, 0.1) is 11.7 Å². The van der Waals surface area contributed by atoms with Crippen molar-refractivity contribution in [3.8, 4) is 5.75 Å². The van der Waals surface area contributed by atoms with Gasteiger partial charge in [-0.05, 0) is 42.0 Å². The summed E-state index contributed by atoms with van der Waals surface area (Å²) in [5.74, 6) is -1.41. The van der Waals surface area contributed by atoms with Gasteiger partial charge in [-0.2, -0.15) is 0 Å². The van der Waals surface area contributed by atoms with Crippen molar-refractivity contribution >= 4 is 23.2 Å². The number of ether oxygens (including phenoxy) is 1. The zero-order valence-corrected chi connectivity index (χ0v) is 16.6. The number of hydrogen-bond donors (Lipinski definition) is 0. The molecular weight excluding hydrogens is 399 g/mol. The van der Waals surface area contributed by atoms with E-state index in [2.05, 4.69) is 0 Å². The van der Waals surface area contributed by atoms with E-state index in [0.717, 1.165) is 4.90 Å². The molecular formula is C24H19FN2O4. The van der Waals surface area contributed by atoms with E-state index in [9.17, 15) is 14.0 Å². The van der Waals surface area contributed by atoms with Crippen LogP contribution >= 0.6 is 0 Å². The molecule has 2 heterocycles. The molecule has 0 bridgehead atoms. The Kier molecular flexibility index (Phi) is 4.67. The predicted molar refractivity (Wildman–Crippen MR) is 112 cm³/mol. The molecule has 0 N–H and O–H groups in total. The maximum atomic E-state index is 13.6. The number of imide groups is 1. The van der Waals surface area contributed by atoms with Gasteiger partial charge in [0.25, 0.3) is 5.91 Å². The highest BCUT2D eigenvalue weighted by molar-refractivity contribution is 6.24. The number of carbonyl (C=O) groups excluding carboxylic acids is 2. The Morgan fingerprint density at radius 3 is 2.29 bits per heavy atom. The van der Waals surface area contributed by atoms with E-state index in [0.29, 0.717) is 22.7 Å².